The van der Waals surface area contributed by atoms with Crippen LogP contribution in [0.5, 0.6) is 11.5 Å². The van der Waals surface area contributed by atoms with Crippen LogP contribution in [0.25, 0.3) is 0 Å². The predicted octanol–water partition coefficient (Wildman–Crippen LogP) is 4.26. The zero-order valence-corrected chi connectivity index (χ0v) is 15.3. The maximum Gasteiger partial charge on any atom is 0.123 e. The summed E-state index contributed by atoms with van der Waals surface area (Å²) in [5, 5.41) is 0. The molecule has 1 aromatic heterocycles. The Labute approximate surface area is 150 Å². The minimum atomic E-state index is 0.589. The van der Waals surface area contributed by atoms with E-state index in [0.29, 0.717) is 19.1 Å². The van der Waals surface area contributed by atoms with E-state index in [1.54, 1.807) is 0 Å². The summed E-state index contributed by atoms with van der Waals surface area (Å²) in [5.41, 5.74) is 2.49. The molecule has 0 amide bonds. The van der Waals surface area contributed by atoms with E-state index >= 15 is 0 Å². The summed E-state index contributed by atoms with van der Waals surface area (Å²) in [6.07, 6.45) is 4.23. The minimum absolute atomic E-state index is 0.589. The van der Waals surface area contributed by atoms with Crippen LogP contribution < -0.4 is 9.47 Å². The Kier molecular flexibility index (Phi) is 6.29. The van der Waals surface area contributed by atoms with Gasteiger partial charge in [0.05, 0.1) is 13.2 Å². The molecule has 0 aliphatic carbocycles. The quantitative estimate of drug-likeness (QED) is 0.754. The molecule has 1 aliphatic heterocycles. The Morgan fingerprint density at radius 1 is 1.00 bits per heavy atom. The monoisotopic (exact) mass is 340 g/mol. The molecule has 0 atom stereocenters. The summed E-state index contributed by atoms with van der Waals surface area (Å²) in [7, 11) is 0. The van der Waals surface area contributed by atoms with Crippen LogP contribution in [0.4, 0.5) is 0 Å². The third-order valence-electron chi connectivity index (χ3n) is 4.66. The first kappa shape index (κ1) is 17.7. The molecule has 1 aliphatic rings. The zero-order chi connectivity index (χ0) is 17.5. The number of pyridine rings is 1. The lowest BCUT2D eigenvalue weighted by molar-refractivity contribution is 0.202. The second-order valence-electron chi connectivity index (χ2n) is 6.48. The molecule has 1 saturated heterocycles. The number of nitrogens with zero attached hydrogens (tertiary/aromatic N) is 2. The van der Waals surface area contributed by atoms with Crippen LogP contribution in [0.15, 0.2) is 42.6 Å². The Morgan fingerprint density at radius 2 is 1.68 bits per heavy atom. The first-order valence-corrected chi connectivity index (χ1v) is 9.31. The van der Waals surface area contributed by atoms with Crippen molar-refractivity contribution in [3.63, 3.8) is 0 Å². The van der Waals surface area contributed by atoms with Crippen molar-refractivity contribution < 1.29 is 9.47 Å². The molecule has 2 heterocycles. The molecular weight excluding hydrogens is 312 g/mol. The van der Waals surface area contributed by atoms with Gasteiger partial charge in [-0.05, 0) is 69.6 Å². The Morgan fingerprint density at radius 3 is 2.24 bits per heavy atom. The minimum Gasteiger partial charge on any atom is -0.494 e. The Balaban J connectivity index is 1.61. The molecule has 0 spiro atoms. The summed E-state index contributed by atoms with van der Waals surface area (Å²) in [5.74, 6) is 2.38. The summed E-state index contributed by atoms with van der Waals surface area (Å²) in [6.45, 7) is 8.50. The van der Waals surface area contributed by atoms with Crippen molar-refractivity contribution in [3.05, 3.63) is 53.9 Å². The number of hydrogen-bond donors (Lipinski definition) is 0. The van der Waals surface area contributed by atoms with E-state index in [-0.39, 0.29) is 0 Å². The fourth-order valence-electron chi connectivity index (χ4n) is 3.48. The van der Waals surface area contributed by atoms with Crippen LogP contribution >= 0.6 is 0 Å². The van der Waals surface area contributed by atoms with Crippen LogP contribution in [-0.4, -0.2) is 36.2 Å². The van der Waals surface area contributed by atoms with Gasteiger partial charge < -0.3 is 9.47 Å². The van der Waals surface area contributed by atoms with Gasteiger partial charge in [-0.2, -0.15) is 0 Å². The molecule has 25 heavy (non-hydrogen) atoms. The van der Waals surface area contributed by atoms with Gasteiger partial charge in [0.15, 0.2) is 0 Å². The van der Waals surface area contributed by atoms with Gasteiger partial charge in [-0.1, -0.05) is 6.07 Å². The van der Waals surface area contributed by atoms with E-state index in [4.69, 9.17) is 9.47 Å². The molecule has 4 heteroatoms. The number of ether oxygens (including phenoxy) is 2. The lowest BCUT2D eigenvalue weighted by Crippen LogP contribution is -2.32. The molecule has 0 bridgehead atoms. The molecule has 3 rings (SSSR count). The number of piperidine rings is 1. The number of aromatic nitrogens is 1. The lowest BCUT2D eigenvalue weighted by Gasteiger charge is -2.31. The average molecular weight is 340 g/mol. The summed E-state index contributed by atoms with van der Waals surface area (Å²) >= 11 is 0. The van der Waals surface area contributed by atoms with E-state index < -0.39 is 0 Å². The highest BCUT2D eigenvalue weighted by Crippen LogP contribution is 2.29. The standard InChI is InChI=1S/C21H28N2O2/c1-3-24-19-13-17(14-20(15-19)25-4-2)16-23-11-8-18(9-12-23)21-7-5-6-10-22-21/h5-7,10,13-15,18H,3-4,8-9,11-12,16H2,1-2H3. The summed E-state index contributed by atoms with van der Waals surface area (Å²) in [4.78, 5) is 7.04. The maximum atomic E-state index is 5.69. The van der Waals surface area contributed by atoms with Crippen LogP contribution in [-0.2, 0) is 6.54 Å². The molecule has 4 nitrogen and oxygen atoms in total. The van der Waals surface area contributed by atoms with Crippen molar-refractivity contribution in [1.29, 1.82) is 0 Å². The topological polar surface area (TPSA) is 34.6 Å². The van der Waals surface area contributed by atoms with Gasteiger partial charge in [0.25, 0.3) is 0 Å². The van der Waals surface area contributed by atoms with Gasteiger partial charge >= 0.3 is 0 Å². The number of rotatable bonds is 7. The lowest BCUT2D eigenvalue weighted by atomic mass is 9.93. The zero-order valence-electron chi connectivity index (χ0n) is 15.3. The highest BCUT2D eigenvalue weighted by Gasteiger charge is 2.21. The molecule has 1 fully saturated rings. The second kappa shape index (κ2) is 8.86. The number of hydrogen-bond acceptors (Lipinski definition) is 4. The molecule has 0 radical (unpaired) electrons. The van der Waals surface area contributed by atoms with E-state index in [2.05, 4.69) is 34.1 Å². The van der Waals surface area contributed by atoms with E-state index in [0.717, 1.165) is 31.1 Å². The summed E-state index contributed by atoms with van der Waals surface area (Å²) in [6, 6.07) is 12.5. The third kappa shape index (κ3) is 4.95. The Hall–Kier alpha value is -2.07. The highest BCUT2D eigenvalue weighted by molar-refractivity contribution is 5.38. The SMILES string of the molecule is CCOc1cc(CN2CCC(c3ccccn3)CC2)cc(OCC)c1. The number of benzene rings is 1. The van der Waals surface area contributed by atoms with Crippen molar-refractivity contribution in [1.82, 2.24) is 9.88 Å². The maximum absolute atomic E-state index is 5.69. The first-order chi connectivity index (χ1) is 12.3. The van der Waals surface area contributed by atoms with Crippen molar-refractivity contribution >= 4 is 0 Å². The average Bonchev–Trinajstić information content (AvgIpc) is 2.63. The van der Waals surface area contributed by atoms with Crippen LogP contribution in [0.1, 0.15) is 43.9 Å². The van der Waals surface area contributed by atoms with E-state index in [1.807, 2.05) is 32.2 Å². The Bertz CT molecular complexity index is 628. The van der Waals surface area contributed by atoms with Crippen molar-refractivity contribution in [2.45, 2.75) is 39.2 Å². The fraction of sp³-hybridized carbons (Fsp3) is 0.476. The largest absolute Gasteiger partial charge is 0.494 e. The first-order valence-electron chi connectivity index (χ1n) is 9.31. The molecule has 0 unspecified atom stereocenters. The summed E-state index contributed by atoms with van der Waals surface area (Å²) < 4.78 is 11.4. The third-order valence-corrected chi connectivity index (χ3v) is 4.66. The molecule has 1 aromatic carbocycles. The van der Waals surface area contributed by atoms with Gasteiger partial charge in [0.1, 0.15) is 11.5 Å². The smallest absolute Gasteiger partial charge is 0.123 e. The van der Waals surface area contributed by atoms with Gasteiger partial charge in [0.2, 0.25) is 0 Å². The van der Waals surface area contributed by atoms with Crippen molar-refractivity contribution in [2.75, 3.05) is 26.3 Å². The van der Waals surface area contributed by atoms with Gasteiger partial charge in [-0.15, -0.1) is 0 Å². The van der Waals surface area contributed by atoms with Crippen LogP contribution in [0.2, 0.25) is 0 Å². The number of likely N-dealkylation sites (tertiary alicyclic amines) is 1. The molecule has 0 N–H and O–H groups in total. The van der Waals surface area contributed by atoms with E-state index in [1.165, 1.54) is 24.1 Å². The molecular formula is C21H28N2O2. The van der Waals surface area contributed by atoms with E-state index in [9.17, 15) is 0 Å². The van der Waals surface area contributed by atoms with Gasteiger partial charge in [0, 0.05) is 30.4 Å². The second-order valence-corrected chi connectivity index (χ2v) is 6.48. The van der Waals surface area contributed by atoms with Gasteiger partial charge in [-0.25, -0.2) is 0 Å². The van der Waals surface area contributed by atoms with Crippen LogP contribution in [0.3, 0.4) is 0 Å². The predicted molar refractivity (Wildman–Crippen MR) is 100 cm³/mol. The molecule has 2 aromatic rings. The normalized spacial score (nSPS) is 15.9. The fourth-order valence-corrected chi connectivity index (χ4v) is 3.48. The highest BCUT2D eigenvalue weighted by atomic mass is 16.5. The van der Waals surface area contributed by atoms with Crippen molar-refractivity contribution in [2.24, 2.45) is 0 Å². The molecule has 134 valence electrons. The van der Waals surface area contributed by atoms with Crippen LogP contribution in [0, 0.1) is 0 Å². The van der Waals surface area contributed by atoms with Gasteiger partial charge in [-0.3, -0.25) is 9.88 Å². The molecule has 0 saturated carbocycles. The van der Waals surface area contributed by atoms with Crippen molar-refractivity contribution in [3.8, 4) is 11.5 Å².